The van der Waals surface area contributed by atoms with E-state index in [4.69, 9.17) is 15.7 Å². The van der Waals surface area contributed by atoms with E-state index >= 15 is 0 Å². The van der Waals surface area contributed by atoms with Crippen molar-refractivity contribution < 1.29 is 9.94 Å². The van der Waals surface area contributed by atoms with Gasteiger partial charge in [-0.25, -0.2) is 0 Å². The quantitative estimate of drug-likeness (QED) is 0.345. The van der Waals surface area contributed by atoms with Crippen LogP contribution in [0.3, 0.4) is 0 Å². The highest BCUT2D eigenvalue weighted by molar-refractivity contribution is 5.81. The van der Waals surface area contributed by atoms with Crippen molar-refractivity contribution in [3.05, 3.63) is 29.8 Å². The van der Waals surface area contributed by atoms with Crippen molar-refractivity contribution in [2.24, 2.45) is 16.8 Å². The molecule has 1 aromatic rings. The summed E-state index contributed by atoms with van der Waals surface area (Å²) >= 11 is 0. The summed E-state index contributed by atoms with van der Waals surface area (Å²) in [6.07, 6.45) is 1.56. The van der Waals surface area contributed by atoms with Gasteiger partial charge in [0.25, 0.3) is 0 Å². The first-order chi connectivity index (χ1) is 8.15. The van der Waals surface area contributed by atoms with E-state index in [2.05, 4.69) is 19.0 Å². The molecule has 1 rings (SSSR count). The number of amidine groups is 1. The molecule has 3 N–H and O–H groups in total. The van der Waals surface area contributed by atoms with Crippen molar-refractivity contribution in [2.75, 3.05) is 6.61 Å². The summed E-state index contributed by atoms with van der Waals surface area (Å²) in [6.45, 7) is 5.04. The molecule has 0 aliphatic carbocycles. The molecule has 0 fully saturated rings. The van der Waals surface area contributed by atoms with E-state index in [1.54, 1.807) is 0 Å². The van der Waals surface area contributed by atoms with Crippen molar-refractivity contribution in [3.8, 4) is 5.75 Å². The molecule has 0 bridgehead atoms. The Labute approximate surface area is 102 Å². The fourth-order valence-corrected chi connectivity index (χ4v) is 1.30. The highest BCUT2D eigenvalue weighted by Gasteiger charge is 2.01. The fraction of sp³-hybridized carbons (Fsp3) is 0.462. The molecular formula is C13H20N2O2. The van der Waals surface area contributed by atoms with Crippen LogP contribution >= 0.6 is 0 Å². The van der Waals surface area contributed by atoms with Gasteiger partial charge in [-0.2, -0.15) is 0 Å². The summed E-state index contributed by atoms with van der Waals surface area (Å²) in [5, 5.41) is 11.4. The number of ether oxygens (including phenoxy) is 1. The molecule has 0 aliphatic rings. The summed E-state index contributed by atoms with van der Waals surface area (Å²) in [5.41, 5.74) is 6.42. The Morgan fingerprint density at radius 1 is 1.41 bits per heavy atom. The molecule has 0 radical (unpaired) electrons. The summed E-state index contributed by atoms with van der Waals surface area (Å²) in [4.78, 5) is 0. The van der Waals surface area contributed by atoms with Crippen LogP contribution in [0.4, 0.5) is 0 Å². The van der Waals surface area contributed by atoms with Crippen LogP contribution in [0.15, 0.2) is 29.4 Å². The second kappa shape index (κ2) is 6.78. The highest BCUT2D eigenvalue weighted by atomic mass is 16.5. The minimum Gasteiger partial charge on any atom is -0.493 e. The monoisotopic (exact) mass is 236 g/mol. The fourth-order valence-electron chi connectivity index (χ4n) is 1.30. The number of benzene rings is 1. The largest absolute Gasteiger partial charge is 0.493 e. The van der Waals surface area contributed by atoms with Crippen molar-refractivity contribution in [2.45, 2.75) is 26.7 Å². The van der Waals surface area contributed by atoms with Gasteiger partial charge in [0.2, 0.25) is 0 Å². The first-order valence-corrected chi connectivity index (χ1v) is 5.83. The summed E-state index contributed by atoms with van der Waals surface area (Å²) in [5.74, 6) is 1.62. The molecule has 0 saturated carbocycles. The van der Waals surface area contributed by atoms with Gasteiger partial charge in [0.15, 0.2) is 0 Å². The zero-order valence-electron chi connectivity index (χ0n) is 10.4. The molecule has 0 aliphatic heterocycles. The lowest BCUT2D eigenvalue weighted by atomic mass is 10.1. The van der Waals surface area contributed by atoms with E-state index in [9.17, 15) is 0 Å². The second-order valence-electron chi connectivity index (χ2n) is 4.24. The van der Waals surface area contributed by atoms with Gasteiger partial charge in [0.1, 0.15) is 11.6 Å². The number of nitrogens with two attached hydrogens (primary N) is 1. The minimum atomic E-state index is 0.207. The maximum Gasteiger partial charge on any atom is 0.143 e. The highest BCUT2D eigenvalue weighted by Crippen LogP contribution is 2.14. The first-order valence-electron chi connectivity index (χ1n) is 5.83. The Bertz CT molecular complexity index is 360. The number of rotatable bonds is 6. The second-order valence-corrected chi connectivity index (χ2v) is 4.24. The van der Waals surface area contributed by atoms with Gasteiger partial charge in [-0.15, -0.1) is 0 Å². The predicted molar refractivity (Wildman–Crippen MR) is 68.5 cm³/mol. The summed E-state index contributed by atoms with van der Waals surface area (Å²) < 4.78 is 5.63. The molecule has 0 amide bonds. The Kier molecular flexibility index (Phi) is 5.33. The molecule has 0 aromatic heterocycles. The number of hydrogen-bond donors (Lipinski definition) is 2. The summed E-state index contributed by atoms with van der Waals surface area (Å²) in [6, 6.07) is 7.65. The van der Waals surface area contributed by atoms with Crippen LogP contribution in [0.2, 0.25) is 0 Å². The minimum absolute atomic E-state index is 0.207. The maximum atomic E-state index is 8.46. The van der Waals surface area contributed by atoms with Crippen LogP contribution in [-0.2, 0) is 6.42 Å². The Morgan fingerprint density at radius 2 is 2.06 bits per heavy atom. The van der Waals surface area contributed by atoms with E-state index in [0.29, 0.717) is 12.3 Å². The first kappa shape index (κ1) is 13.4. The van der Waals surface area contributed by atoms with Crippen LogP contribution in [0, 0.1) is 5.92 Å². The molecule has 1 unspecified atom stereocenters. The van der Waals surface area contributed by atoms with Crippen LogP contribution in [0.25, 0.3) is 0 Å². The number of hydrogen-bond acceptors (Lipinski definition) is 3. The third-order valence-corrected chi connectivity index (χ3v) is 2.67. The van der Waals surface area contributed by atoms with Crippen LogP contribution < -0.4 is 10.5 Å². The average Bonchev–Trinajstić information content (AvgIpc) is 2.37. The van der Waals surface area contributed by atoms with Gasteiger partial charge in [-0.05, 0) is 23.6 Å². The molecule has 94 valence electrons. The third kappa shape index (κ3) is 4.76. The number of nitrogens with zero attached hydrogens (tertiary/aromatic N) is 1. The van der Waals surface area contributed by atoms with Gasteiger partial charge in [-0.1, -0.05) is 37.6 Å². The SMILES string of the molecule is CCC(C)COc1ccc(C/C(N)=N/O)cc1. The van der Waals surface area contributed by atoms with Gasteiger partial charge >= 0.3 is 0 Å². The van der Waals surface area contributed by atoms with Crippen molar-refractivity contribution in [3.63, 3.8) is 0 Å². The standard InChI is InChI=1S/C13H20N2O2/c1-3-10(2)9-17-12-6-4-11(5-7-12)8-13(14)15-16/h4-7,10,16H,3,8-9H2,1-2H3,(H2,14,15). The van der Waals surface area contributed by atoms with E-state index < -0.39 is 0 Å². The third-order valence-electron chi connectivity index (χ3n) is 2.67. The lowest BCUT2D eigenvalue weighted by molar-refractivity contribution is 0.256. The van der Waals surface area contributed by atoms with E-state index in [1.807, 2.05) is 24.3 Å². The van der Waals surface area contributed by atoms with Crippen LogP contribution in [0.1, 0.15) is 25.8 Å². The van der Waals surface area contributed by atoms with Crippen molar-refractivity contribution in [1.29, 1.82) is 0 Å². The van der Waals surface area contributed by atoms with Gasteiger partial charge < -0.3 is 15.7 Å². The normalized spacial score (nSPS) is 13.4. The van der Waals surface area contributed by atoms with Crippen LogP contribution in [0.5, 0.6) is 5.75 Å². The van der Waals surface area contributed by atoms with Crippen molar-refractivity contribution >= 4 is 5.84 Å². The molecular weight excluding hydrogens is 216 g/mol. The zero-order valence-corrected chi connectivity index (χ0v) is 10.4. The predicted octanol–water partition coefficient (Wildman–Crippen LogP) is 2.40. The lowest BCUT2D eigenvalue weighted by Gasteiger charge is -2.11. The zero-order chi connectivity index (χ0) is 12.7. The van der Waals surface area contributed by atoms with Crippen LogP contribution in [-0.4, -0.2) is 17.6 Å². The smallest absolute Gasteiger partial charge is 0.143 e. The van der Waals surface area contributed by atoms with Gasteiger partial charge in [-0.3, -0.25) is 0 Å². The van der Waals surface area contributed by atoms with Gasteiger partial charge in [0.05, 0.1) is 6.61 Å². The Morgan fingerprint density at radius 3 is 2.59 bits per heavy atom. The lowest BCUT2D eigenvalue weighted by Crippen LogP contribution is -2.14. The van der Waals surface area contributed by atoms with Crippen molar-refractivity contribution in [1.82, 2.24) is 0 Å². The molecule has 17 heavy (non-hydrogen) atoms. The molecule has 1 aromatic carbocycles. The molecule has 0 spiro atoms. The molecule has 1 atom stereocenters. The van der Waals surface area contributed by atoms with E-state index in [-0.39, 0.29) is 5.84 Å². The Balaban J connectivity index is 2.50. The summed E-state index contributed by atoms with van der Waals surface area (Å²) in [7, 11) is 0. The maximum absolute atomic E-state index is 8.46. The van der Waals surface area contributed by atoms with E-state index in [0.717, 1.165) is 24.3 Å². The average molecular weight is 236 g/mol. The van der Waals surface area contributed by atoms with E-state index in [1.165, 1.54) is 0 Å². The molecule has 0 heterocycles. The Hall–Kier alpha value is -1.71. The molecule has 4 nitrogen and oxygen atoms in total. The molecule has 0 saturated heterocycles. The molecule has 4 heteroatoms. The topological polar surface area (TPSA) is 67.8 Å². The number of oxime groups is 1. The van der Waals surface area contributed by atoms with Gasteiger partial charge in [0, 0.05) is 6.42 Å².